The lowest BCUT2D eigenvalue weighted by molar-refractivity contribution is -0.147. The number of amides is 2. The number of carbonyl (C=O) groups excluding carboxylic acids is 2. The first kappa shape index (κ1) is 28.6. The lowest BCUT2D eigenvalue weighted by atomic mass is 9.91. The number of hydrogen-bond acceptors (Lipinski definition) is 9. The maximum atomic E-state index is 14.7. The molecule has 2 aromatic rings. The first-order chi connectivity index (χ1) is 19.5. The highest BCUT2D eigenvalue weighted by Gasteiger charge is 2.50. The molecule has 1 unspecified atom stereocenters. The predicted molar refractivity (Wildman–Crippen MR) is 145 cm³/mol. The molecular weight excluding hydrogens is 558 g/mol. The Kier molecular flexibility index (Phi) is 7.79. The first-order valence-corrected chi connectivity index (χ1v) is 14.0. The van der Waals surface area contributed by atoms with Crippen LogP contribution in [-0.2, 0) is 14.3 Å². The van der Waals surface area contributed by atoms with Crippen molar-refractivity contribution in [3.63, 3.8) is 0 Å². The van der Waals surface area contributed by atoms with Gasteiger partial charge in [0.2, 0.25) is 0 Å². The van der Waals surface area contributed by atoms with Crippen molar-refractivity contribution in [2.75, 3.05) is 33.3 Å². The van der Waals surface area contributed by atoms with Gasteiger partial charge in [0.05, 0.1) is 18.7 Å². The van der Waals surface area contributed by atoms with E-state index in [0.717, 1.165) is 6.07 Å². The number of fused-ring (bicyclic) bond motifs is 1. The molecule has 218 valence electrons. The van der Waals surface area contributed by atoms with Crippen LogP contribution in [0.5, 0.6) is 0 Å². The van der Waals surface area contributed by atoms with Crippen LogP contribution in [-0.4, -0.2) is 100 Å². The molecule has 3 aliphatic rings. The van der Waals surface area contributed by atoms with Crippen molar-refractivity contribution in [1.82, 2.24) is 25.0 Å². The SMILES string of the molecule is COC(=O)C1=C(CN2CCN3C(=O)N(C(C)C)CC3[C@@H]2C(=O)O)NC(c2nccs2)=N[C@H]1c1ccc(F)c(F)c1C. The molecule has 2 amide bonds. The van der Waals surface area contributed by atoms with E-state index < -0.39 is 41.7 Å². The fourth-order valence-corrected chi connectivity index (χ4v) is 6.26. The summed E-state index contributed by atoms with van der Waals surface area (Å²) in [5, 5.41) is 15.7. The van der Waals surface area contributed by atoms with Gasteiger partial charge in [-0.3, -0.25) is 14.7 Å². The normalized spacial score (nSPS) is 23.0. The van der Waals surface area contributed by atoms with Gasteiger partial charge in [-0.15, -0.1) is 11.3 Å². The fourth-order valence-electron chi connectivity index (χ4n) is 5.68. The molecule has 41 heavy (non-hydrogen) atoms. The molecule has 0 spiro atoms. The first-order valence-electron chi connectivity index (χ1n) is 13.1. The highest BCUT2D eigenvalue weighted by molar-refractivity contribution is 7.11. The molecule has 2 fully saturated rings. The summed E-state index contributed by atoms with van der Waals surface area (Å²) in [5.41, 5.74) is 0.580. The van der Waals surface area contributed by atoms with Crippen molar-refractivity contribution in [1.29, 1.82) is 0 Å². The highest BCUT2D eigenvalue weighted by atomic mass is 32.1. The van der Waals surface area contributed by atoms with Crippen LogP contribution in [0.15, 0.2) is 40.0 Å². The zero-order valence-electron chi connectivity index (χ0n) is 22.9. The summed E-state index contributed by atoms with van der Waals surface area (Å²) >= 11 is 1.29. The van der Waals surface area contributed by atoms with Gasteiger partial charge >= 0.3 is 18.0 Å². The Morgan fingerprint density at radius 1 is 1.27 bits per heavy atom. The van der Waals surface area contributed by atoms with Crippen LogP contribution in [0.1, 0.15) is 36.0 Å². The van der Waals surface area contributed by atoms with E-state index in [0.29, 0.717) is 23.1 Å². The summed E-state index contributed by atoms with van der Waals surface area (Å²) in [7, 11) is 1.20. The van der Waals surface area contributed by atoms with E-state index in [-0.39, 0.29) is 48.4 Å². The van der Waals surface area contributed by atoms with Crippen LogP contribution >= 0.6 is 11.3 Å². The summed E-state index contributed by atoms with van der Waals surface area (Å²) in [4.78, 5) is 52.8. The zero-order chi connectivity index (χ0) is 29.6. The van der Waals surface area contributed by atoms with E-state index in [1.54, 1.807) is 26.3 Å². The molecule has 0 aliphatic carbocycles. The van der Waals surface area contributed by atoms with E-state index in [2.05, 4.69) is 15.3 Å². The van der Waals surface area contributed by atoms with Gasteiger partial charge in [-0.05, 0) is 38.0 Å². The molecule has 0 saturated carbocycles. The third-order valence-electron chi connectivity index (χ3n) is 7.74. The number of urea groups is 1. The Morgan fingerprint density at radius 3 is 2.66 bits per heavy atom. The highest BCUT2D eigenvalue weighted by Crippen LogP contribution is 2.36. The van der Waals surface area contributed by atoms with Gasteiger partial charge in [-0.2, -0.15) is 0 Å². The third-order valence-corrected chi connectivity index (χ3v) is 8.52. The number of halogens is 2. The minimum Gasteiger partial charge on any atom is -0.480 e. The molecule has 14 heteroatoms. The van der Waals surface area contributed by atoms with Crippen LogP contribution < -0.4 is 5.32 Å². The fraction of sp³-hybridized carbons (Fsp3) is 0.444. The molecular formula is C27H30F2N6O5S. The molecule has 1 aromatic carbocycles. The number of nitrogens with one attached hydrogen (secondary N) is 1. The summed E-state index contributed by atoms with van der Waals surface area (Å²) < 4.78 is 33.8. The number of carboxylic acid groups (broad SMARTS) is 1. The average molecular weight is 589 g/mol. The number of rotatable bonds is 7. The Labute approximate surface area is 239 Å². The lowest BCUT2D eigenvalue weighted by Gasteiger charge is -2.42. The molecule has 1 aromatic heterocycles. The summed E-state index contributed by atoms with van der Waals surface area (Å²) in [6.45, 7) is 5.90. The number of aromatic nitrogens is 1. The van der Waals surface area contributed by atoms with Gasteiger partial charge in [-0.25, -0.2) is 23.4 Å². The lowest BCUT2D eigenvalue weighted by Crippen LogP contribution is -2.62. The number of nitrogens with zero attached hydrogens (tertiary/aromatic N) is 5. The van der Waals surface area contributed by atoms with Crippen molar-refractivity contribution in [2.45, 2.75) is 44.9 Å². The molecule has 2 saturated heterocycles. The summed E-state index contributed by atoms with van der Waals surface area (Å²) in [6.07, 6.45) is 1.58. The topological polar surface area (TPSA) is 128 Å². The smallest absolute Gasteiger partial charge is 0.338 e. The number of carboxylic acids is 1. The van der Waals surface area contributed by atoms with Crippen molar-refractivity contribution in [2.24, 2.45) is 4.99 Å². The van der Waals surface area contributed by atoms with Crippen molar-refractivity contribution < 1.29 is 33.0 Å². The van der Waals surface area contributed by atoms with Crippen molar-refractivity contribution in [3.05, 3.63) is 62.7 Å². The molecule has 0 bridgehead atoms. The average Bonchev–Trinajstić information content (AvgIpc) is 3.59. The number of aliphatic imine (C=N–C) groups is 1. The number of piperazine rings is 1. The monoisotopic (exact) mass is 588 g/mol. The molecule has 3 aliphatic heterocycles. The molecule has 11 nitrogen and oxygen atoms in total. The summed E-state index contributed by atoms with van der Waals surface area (Å²) in [6, 6.07) is -0.689. The van der Waals surface area contributed by atoms with Crippen LogP contribution in [0, 0.1) is 18.6 Å². The van der Waals surface area contributed by atoms with Gasteiger partial charge < -0.3 is 25.0 Å². The number of carbonyl (C=O) groups is 3. The standard InChI is InChI=1S/C27H30F2N6O5S/c1-13(2)35-12-18-22(25(36)37)33(8-9-34(18)27(35)39)11-17-19(26(38)40-4)21(15-5-6-16(28)20(29)14(15)3)32-23(31-17)24-30-7-10-41-24/h5-7,10,13,18,21-22H,8-9,11-12H2,1-4H3,(H,31,32)(H,36,37)/t18?,21-,22+/m0/s1. The maximum Gasteiger partial charge on any atom is 0.338 e. The summed E-state index contributed by atoms with van der Waals surface area (Å²) in [5.74, 6) is -3.64. The number of benzene rings is 1. The van der Waals surface area contributed by atoms with Crippen LogP contribution in [0.4, 0.5) is 13.6 Å². The molecule has 0 radical (unpaired) electrons. The van der Waals surface area contributed by atoms with Gasteiger partial charge in [0.25, 0.3) is 0 Å². The Morgan fingerprint density at radius 2 is 2.02 bits per heavy atom. The number of methoxy groups -OCH3 is 1. The van der Waals surface area contributed by atoms with Gasteiger partial charge in [0.15, 0.2) is 22.5 Å². The number of amidine groups is 1. The number of ether oxygens (including phenoxy) is 1. The zero-order valence-corrected chi connectivity index (χ0v) is 23.7. The Hall–Kier alpha value is -3.91. The second kappa shape index (κ2) is 11.2. The number of thiazole rings is 1. The molecule has 2 N–H and O–H groups in total. The third kappa shape index (κ3) is 5.05. The molecule has 4 heterocycles. The number of hydrogen-bond donors (Lipinski definition) is 2. The second-order valence-corrected chi connectivity index (χ2v) is 11.2. The van der Waals surface area contributed by atoms with E-state index in [1.807, 2.05) is 13.8 Å². The number of esters is 1. The van der Waals surface area contributed by atoms with Crippen molar-refractivity contribution in [3.8, 4) is 0 Å². The van der Waals surface area contributed by atoms with E-state index in [1.165, 1.54) is 31.4 Å². The minimum absolute atomic E-state index is 0.0184. The van der Waals surface area contributed by atoms with Crippen LogP contribution in [0.2, 0.25) is 0 Å². The second-order valence-electron chi connectivity index (χ2n) is 10.3. The number of aliphatic carboxylic acids is 1. The Bertz CT molecular complexity index is 1450. The van der Waals surface area contributed by atoms with Gasteiger partial charge in [0.1, 0.15) is 12.1 Å². The minimum atomic E-state index is -1.10. The van der Waals surface area contributed by atoms with E-state index >= 15 is 0 Å². The van der Waals surface area contributed by atoms with Gasteiger partial charge in [0, 0.05) is 49.5 Å². The van der Waals surface area contributed by atoms with E-state index in [9.17, 15) is 28.3 Å². The largest absolute Gasteiger partial charge is 0.480 e. The van der Waals surface area contributed by atoms with E-state index in [4.69, 9.17) is 4.74 Å². The van der Waals surface area contributed by atoms with Crippen LogP contribution in [0.25, 0.3) is 0 Å². The van der Waals surface area contributed by atoms with Crippen molar-refractivity contribution >= 4 is 35.1 Å². The molecule has 5 rings (SSSR count). The van der Waals surface area contributed by atoms with Gasteiger partial charge in [-0.1, -0.05) is 6.07 Å². The molecule has 3 atom stereocenters. The van der Waals surface area contributed by atoms with Crippen LogP contribution in [0.3, 0.4) is 0 Å². The predicted octanol–water partition coefficient (Wildman–Crippen LogP) is 2.53. The Balaban J connectivity index is 1.59. The maximum absolute atomic E-state index is 14.7. The quantitative estimate of drug-likeness (QED) is 0.473.